The van der Waals surface area contributed by atoms with Crippen LogP contribution in [-0.2, 0) is 21.4 Å². The zero-order valence-electron chi connectivity index (χ0n) is 16.5. The Labute approximate surface area is 173 Å². The largest absolute Gasteiger partial charge is 0.454 e. The summed E-state index contributed by atoms with van der Waals surface area (Å²) in [6.07, 6.45) is 0.843. The highest BCUT2D eigenvalue weighted by atomic mass is 32.2. The fourth-order valence-corrected chi connectivity index (χ4v) is 4.00. The normalized spacial score (nSPS) is 13.2. The van der Waals surface area contributed by atoms with Gasteiger partial charge in [0.2, 0.25) is 22.7 Å². The fourth-order valence-electron chi connectivity index (χ4n) is 3.08. The van der Waals surface area contributed by atoms with Crippen molar-refractivity contribution in [3.05, 3.63) is 36.4 Å². The lowest BCUT2D eigenvalue weighted by molar-refractivity contribution is -0.116. The summed E-state index contributed by atoms with van der Waals surface area (Å²) in [5.74, 6) is 1.14. The third-order valence-corrected chi connectivity index (χ3v) is 6.51. The van der Waals surface area contributed by atoms with Gasteiger partial charge in [-0.05, 0) is 36.8 Å². The van der Waals surface area contributed by atoms with Crippen LogP contribution in [0.4, 0.5) is 5.69 Å². The van der Waals surface area contributed by atoms with E-state index in [0.29, 0.717) is 47.6 Å². The highest BCUT2D eigenvalue weighted by molar-refractivity contribution is 7.89. The topological polar surface area (TPSA) is 116 Å². The van der Waals surface area contributed by atoms with Gasteiger partial charge >= 0.3 is 0 Å². The Morgan fingerprint density at radius 1 is 1.17 bits per heavy atom. The number of hydrogen-bond donors (Lipinski definition) is 1. The number of nitrogens with zero attached hydrogens (tertiary/aromatic N) is 4. The second kappa shape index (κ2) is 7.92. The number of anilines is 1. The van der Waals surface area contributed by atoms with Crippen LogP contribution in [0.15, 0.2) is 41.3 Å². The van der Waals surface area contributed by atoms with Crippen LogP contribution in [0.2, 0.25) is 0 Å². The Kier molecular flexibility index (Phi) is 5.31. The quantitative estimate of drug-likeness (QED) is 0.607. The molecule has 0 atom stereocenters. The second-order valence-corrected chi connectivity index (χ2v) is 9.12. The first-order chi connectivity index (χ1) is 14.3. The summed E-state index contributed by atoms with van der Waals surface area (Å²) in [5, 5.41) is 11.0. The van der Waals surface area contributed by atoms with Gasteiger partial charge in [0.25, 0.3) is 0 Å². The summed E-state index contributed by atoms with van der Waals surface area (Å²) in [6, 6.07) is 9.95. The standard InChI is InChI=1S/C19H21N5O5S/c1-23(2)30(26,27)14-6-7-16-15(11-14)21-22-24(16)9-3-4-19(25)20-13-5-8-17-18(10-13)29-12-28-17/h5-8,10-11H,3-4,9,12H2,1-2H3,(H,20,25). The van der Waals surface area contributed by atoms with E-state index in [0.717, 1.165) is 4.31 Å². The van der Waals surface area contributed by atoms with Crippen molar-refractivity contribution in [1.82, 2.24) is 19.3 Å². The van der Waals surface area contributed by atoms with E-state index in [4.69, 9.17) is 9.47 Å². The molecule has 1 N–H and O–H groups in total. The molecule has 10 nitrogen and oxygen atoms in total. The monoisotopic (exact) mass is 431 g/mol. The zero-order valence-corrected chi connectivity index (χ0v) is 17.3. The Hall–Kier alpha value is -3.18. The van der Waals surface area contributed by atoms with Crippen LogP contribution >= 0.6 is 0 Å². The van der Waals surface area contributed by atoms with Gasteiger partial charge < -0.3 is 14.8 Å². The van der Waals surface area contributed by atoms with Crippen molar-refractivity contribution >= 4 is 32.7 Å². The molecule has 1 amide bonds. The molecule has 0 aliphatic carbocycles. The first-order valence-corrected chi connectivity index (χ1v) is 10.7. The first-order valence-electron chi connectivity index (χ1n) is 9.30. The average molecular weight is 431 g/mol. The van der Waals surface area contributed by atoms with Gasteiger partial charge in [-0.25, -0.2) is 17.4 Å². The number of sulfonamides is 1. The van der Waals surface area contributed by atoms with Gasteiger partial charge in [0.1, 0.15) is 5.52 Å². The predicted octanol–water partition coefficient (Wildman–Crippen LogP) is 1.83. The van der Waals surface area contributed by atoms with Crippen molar-refractivity contribution in [3.8, 4) is 11.5 Å². The molecular formula is C19H21N5O5S. The minimum absolute atomic E-state index is 0.127. The Morgan fingerprint density at radius 3 is 2.77 bits per heavy atom. The van der Waals surface area contributed by atoms with E-state index in [1.807, 2.05) is 0 Å². The fraction of sp³-hybridized carbons (Fsp3) is 0.316. The number of amides is 1. The van der Waals surface area contributed by atoms with Gasteiger partial charge in [-0.3, -0.25) is 4.79 Å². The third kappa shape index (κ3) is 3.94. The summed E-state index contributed by atoms with van der Waals surface area (Å²) in [6.45, 7) is 0.659. The first kappa shape index (κ1) is 20.1. The van der Waals surface area contributed by atoms with E-state index in [9.17, 15) is 13.2 Å². The van der Waals surface area contributed by atoms with Crippen LogP contribution in [0.5, 0.6) is 11.5 Å². The van der Waals surface area contributed by atoms with E-state index in [1.165, 1.54) is 26.2 Å². The maximum Gasteiger partial charge on any atom is 0.242 e. The Bertz CT molecular complexity index is 1210. The Balaban J connectivity index is 1.36. The number of carbonyl (C=O) groups is 1. The molecule has 0 saturated carbocycles. The molecule has 2 aromatic carbocycles. The maximum absolute atomic E-state index is 12.3. The van der Waals surface area contributed by atoms with Crippen LogP contribution in [0.25, 0.3) is 11.0 Å². The van der Waals surface area contributed by atoms with Gasteiger partial charge in [0.05, 0.1) is 10.4 Å². The van der Waals surface area contributed by atoms with E-state index >= 15 is 0 Å². The van der Waals surface area contributed by atoms with Crippen molar-refractivity contribution in [2.24, 2.45) is 0 Å². The molecule has 30 heavy (non-hydrogen) atoms. The number of hydrogen-bond acceptors (Lipinski definition) is 7. The molecule has 0 unspecified atom stereocenters. The number of benzene rings is 2. The molecule has 0 saturated heterocycles. The molecule has 4 rings (SSSR count). The van der Waals surface area contributed by atoms with E-state index in [1.54, 1.807) is 28.9 Å². The number of aromatic nitrogens is 3. The minimum Gasteiger partial charge on any atom is -0.454 e. The maximum atomic E-state index is 12.3. The number of ether oxygens (including phenoxy) is 2. The third-order valence-electron chi connectivity index (χ3n) is 4.69. The molecule has 2 heterocycles. The van der Waals surface area contributed by atoms with Gasteiger partial charge in [0.15, 0.2) is 11.5 Å². The Morgan fingerprint density at radius 2 is 1.97 bits per heavy atom. The molecule has 1 aliphatic rings. The number of rotatable bonds is 7. The van der Waals surface area contributed by atoms with Crippen molar-refractivity contribution in [2.45, 2.75) is 24.3 Å². The summed E-state index contributed by atoms with van der Waals surface area (Å²) >= 11 is 0. The zero-order chi connectivity index (χ0) is 21.3. The summed E-state index contributed by atoms with van der Waals surface area (Å²) < 4.78 is 37.9. The molecule has 3 aromatic rings. The molecule has 0 spiro atoms. The molecule has 0 fully saturated rings. The second-order valence-electron chi connectivity index (χ2n) is 6.97. The highest BCUT2D eigenvalue weighted by Gasteiger charge is 2.19. The predicted molar refractivity (Wildman–Crippen MR) is 109 cm³/mol. The molecular weight excluding hydrogens is 410 g/mol. The lowest BCUT2D eigenvalue weighted by atomic mass is 10.2. The SMILES string of the molecule is CN(C)S(=O)(=O)c1ccc2c(c1)nnn2CCCC(=O)Nc1ccc2c(c1)OCO2. The van der Waals surface area contributed by atoms with E-state index < -0.39 is 10.0 Å². The van der Waals surface area contributed by atoms with Crippen LogP contribution in [-0.4, -0.2) is 54.5 Å². The molecule has 1 aliphatic heterocycles. The average Bonchev–Trinajstić information content (AvgIpc) is 3.34. The van der Waals surface area contributed by atoms with Crippen molar-refractivity contribution in [3.63, 3.8) is 0 Å². The number of nitrogens with one attached hydrogen (secondary N) is 1. The lowest BCUT2D eigenvalue weighted by Crippen LogP contribution is -2.22. The minimum atomic E-state index is -3.53. The summed E-state index contributed by atoms with van der Waals surface area (Å²) in [4.78, 5) is 12.4. The van der Waals surface area contributed by atoms with Crippen LogP contribution in [0, 0.1) is 0 Å². The van der Waals surface area contributed by atoms with Crippen molar-refractivity contribution in [2.75, 3.05) is 26.2 Å². The smallest absolute Gasteiger partial charge is 0.242 e. The molecule has 11 heteroatoms. The van der Waals surface area contributed by atoms with Crippen molar-refractivity contribution < 1.29 is 22.7 Å². The highest BCUT2D eigenvalue weighted by Crippen LogP contribution is 2.34. The number of fused-ring (bicyclic) bond motifs is 2. The number of carbonyl (C=O) groups excluding carboxylic acids is 1. The van der Waals surface area contributed by atoms with Gasteiger partial charge in [-0.15, -0.1) is 5.10 Å². The molecule has 1 aromatic heterocycles. The van der Waals surface area contributed by atoms with Gasteiger partial charge in [-0.1, -0.05) is 5.21 Å². The molecule has 0 radical (unpaired) electrons. The lowest BCUT2D eigenvalue weighted by Gasteiger charge is -2.11. The van der Waals surface area contributed by atoms with Crippen LogP contribution in [0.1, 0.15) is 12.8 Å². The molecule has 158 valence electrons. The van der Waals surface area contributed by atoms with Crippen LogP contribution in [0.3, 0.4) is 0 Å². The van der Waals surface area contributed by atoms with Crippen molar-refractivity contribution in [1.29, 1.82) is 0 Å². The van der Waals surface area contributed by atoms with Gasteiger partial charge in [-0.2, -0.15) is 0 Å². The van der Waals surface area contributed by atoms with Crippen LogP contribution < -0.4 is 14.8 Å². The van der Waals surface area contributed by atoms with Gasteiger partial charge in [0, 0.05) is 38.8 Å². The molecule has 0 bridgehead atoms. The summed E-state index contributed by atoms with van der Waals surface area (Å²) in [7, 11) is -0.580. The van der Waals surface area contributed by atoms with E-state index in [-0.39, 0.29) is 17.6 Å². The summed E-state index contributed by atoms with van der Waals surface area (Å²) in [5.41, 5.74) is 1.84. The van der Waals surface area contributed by atoms with E-state index in [2.05, 4.69) is 15.6 Å². The number of aryl methyl sites for hydroxylation is 1.